The van der Waals surface area contributed by atoms with E-state index in [1.807, 2.05) is 7.05 Å². The molecule has 0 heterocycles. The quantitative estimate of drug-likeness (QED) is 0.449. The van der Waals surface area contributed by atoms with E-state index in [1.165, 1.54) is 18.4 Å². The summed E-state index contributed by atoms with van der Waals surface area (Å²) in [6.07, 6.45) is 4.67. The standard InChI is InChI=1S/C8H17N/c1-4-8(2)6-5-7-9-3/h4,9H,5-7H2,1-3H3/b8-4+. The normalized spacial score (nSPS) is 12.1. The SMILES string of the molecule is C/C=C(\C)CCCNC. The first-order chi connectivity index (χ1) is 4.31. The van der Waals surface area contributed by atoms with Crippen molar-refractivity contribution in [3.63, 3.8) is 0 Å². The molecule has 0 atom stereocenters. The molecule has 0 aliphatic rings. The Morgan fingerprint density at radius 2 is 2.22 bits per heavy atom. The molecule has 1 N–H and O–H groups in total. The molecule has 0 aromatic heterocycles. The smallest absolute Gasteiger partial charge is 0.00489 e. The lowest BCUT2D eigenvalue weighted by molar-refractivity contribution is 0.720. The molecule has 1 nitrogen and oxygen atoms in total. The molecule has 0 aliphatic heterocycles. The highest BCUT2D eigenvalue weighted by molar-refractivity contribution is 4.94. The van der Waals surface area contributed by atoms with E-state index >= 15 is 0 Å². The van der Waals surface area contributed by atoms with Gasteiger partial charge in [0.15, 0.2) is 0 Å². The molecular weight excluding hydrogens is 110 g/mol. The predicted molar refractivity (Wildman–Crippen MR) is 42.6 cm³/mol. The second kappa shape index (κ2) is 5.83. The van der Waals surface area contributed by atoms with Crippen LogP contribution in [-0.2, 0) is 0 Å². The average molecular weight is 127 g/mol. The summed E-state index contributed by atoms with van der Waals surface area (Å²) in [7, 11) is 1.99. The van der Waals surface area contributed by atoms with Gasteiger partial charge in [-0.1, -0.05) is 11.6 Å². The van der Waals surface area contributed by atoms with Crippen molar-refractivity contribution in [1.82, 2.24) is 5.32 Å². The van der Waals surface area contributed by atoms with Gasteiger partial charge in [0.1, 0.15) is 0 Å². The summed E-state index contributed by atoms with van der Waals surface area (Å²) in [6.45, 7) is 5.40. The minimum atomic E-state index is 1.13. The molecule has 0 spiro atoms. The van der Waals surface area contributed by atoms with E-state index in [0.29, 0.717) is 0 Å². The van der Waals surface area contributed by atoms with Crippen LogP contribution in [0.2, 0.25) is 0 Å². The predicted octanol–water partition coefficient (Wildman–Crippen LogP) is 1.95. The van der Waals surface area contributed by atoms with Crippen LogP contribution in [0.1, 0.15) is 26.7 Å². The maximum absolute atomic E-state index is 3.12. The Morgan fingerprint density at radius 3 is 2.67 bits per heavy atom. The van der Waals surface area contributed by atoms with Crippen LogP contribution in [0.4, 0.5) is 0 Å². The molecule has 9 heavy (non-hydrogen) atoms. The van der Waals surface area contributed by atoms with Crippen molar-refractivity contribution in [2.75, 3.05) is 13.6 Å². The van der Waals surface area contributed by atoms with Gasteiger partial charge in [-0.15, -0.1) is 0 Å². The van der Waals surface area contributed by atoms with Crippen LogP contribution in [0.15, 0.2) is 11.6 Å². The number of allylic oxidation sites excluding steroid dienone is 2. The zero-order chi connectivity index (χ0) is 7.11. The summed E-state index contributed by atoms with van der Waals surface area (Å²) >= 11 is 0. The molecule has 0 fully saturated rings. The van der Waals surface area contributed by atoms with Gasteiger partial charge in [-0.05, 0) is 40.3 Å². The molecule has 0 aromatic rings. The molecule has 1 heteroatoms. The molecule has 0 saturated heterocycles. The Labute approximate surface area is 58.2 Å². The molecule has 0 aliphatic carbocycles. The first-order valence-corrected chi connectivity index (χ1v) is 3.57. The van der Waals surface area contributed by atoms with Gasteiger partial charge >= 0.3 is 0 Å². The second-order valence-corrected chi connectivity index (χ2v) is 2.34. The highest BCUT2D eigenvalue weighted by atomic mass is 14.8. The fraction of sp³-hybridized carbons (Fsp3) is 0.750. The summed E-state index contributed by atoms with van der Waals surface area (Å²) in [5.41, 5.74) is 1.49. The zero-order valence-corrected chi connectivity index (χ0v) is 6.70. The van der Waals surface area contributed by atoms with Gasteiger partial charge in [0.25, 0.3) is 0 Å². The Balaban J connectivity index is 3.07. The molecule has 0 amide bonds. The van der Waals surface area contributed by atoms with Crippen LogP contribution < -0.4 is 5.32 Å². The number of hydrogen-bond acceptors (Lipinski definition) is 1. The molecule has 0 rings (SSSR count). The Kier molecular flexibility index (Phi) is 5.64. The maximum Gasteiger partial charge on any atom is -0.00489 e. The van der Waals surface area contributed by atoms with Gasteiger partial charge in [0.2, 0.25) is 0 Å². The summed E-state index contributed by atoms with van der Waals surface area (Å²) in [5.74, 6) is 0. The first kappa shape index (κ1) is 8.70. The summed E-state index contributed by atoms with van der Waals surface area (Å²) < 4.78 is 0. The molecule has 54 valence electrons. The molecule has 0 unspecified atom stereocenters. The molecule has 0 aromatic carbocycles. The van der Waals surface area contributed by atoms with Gasteiger partial charge < -0.3 is 5.32 Å². The van der Waals surface area contributed by atoms with E-state index < -0.39 is 0 Å². The van der Waals surface area contributed by atoms with Crippen LogP contribution >= 0.6 is 0 Å². The molecular formula is C8H17N. The highest BCUT2D eigenvalue weighted by Crippen LogP contribution is 2.00. The van der Waals surface area contributed by atoms with Crippen LogP contribution in [-0.4, -0.2) is 13.6 Å². The zero-order valence-electron chi connectivity index (χ0n) is 6.70. The highest BCUT2D eigenvalue weighted by Gasteiger charge is 1.85. The summed E-state index contributed by atoms with van der Waals surface area (Å²) in [5, 5.41) is 3.12. The van der Waals surface area contributed by atoms with E-state index in [-0.39, 0.29) is 0 Å². The summed E-state index contributed by atoms with van der Waals surface area (Å²) in [6, 6.07) is 0. The van der Waals surface area contributed by atoms with E-state index in [4.69, 9.17) is 0 Å². The maximum atomic E-state index is 3.12. The molecule has 0 radical (unpaired) electrons. The third-order valence-electron chi connectivity index (χ3n) is 1.49. The number of nitrogens with one attached hydrogen (secondary N) is 1. The van der Waals surface area contributed by atoms with Crippen molar-refractivity contribution in [3.05, 3.63) is 11.6 Å². The number of rotatable bonds is 4. The van der Waals surface area contributed by atoms with Crippen molar-refractivity contribution < 1.29 is 0 Å². The van der Waals surface area contributed by atoms with E-state index in [9.17, 15) is 0 Å². The van der Waals surface area contributed by atoms with Gasteiger partial charge in [0.05, 0.1) is 0 Å². The van der Waals surface area contributed by atoms with Crippen LogP contribution in [0.25, 0.3) is 0 Å². The minimum Gasteiger partial charge on any atom is -0.320 e. The fourth-order valence-corrected chi connectivity index (χ4v) is 0.688. The van der Waals surface area contributed by atoms with Gasteiger partial charge in [-0.2, -0.15) is 0 Å². The van der Waals surface area contributed by atoms with Crippen molar-refractivity contribution in [1.29, 1.82) is 0 Å². The monoisotopic (exact) mass is 127 g/mol. The molecule has 0 saturated carbocycles. The Hall–Kier alpha value is -0.300. The lowest BCUT2D eigenvalue weighted by Crippen LogP contribution is -2.06. The number of hydrogen-bond donors (Lipinski definition) is 1. The minimum absolute atomic E-state index is 1.13. The van der Waals surface area contributed by atoms with Crippen LogP contribution in [0, 0.1) is 0 Å². The van der Waals surface area contributed by atoms with Crippen molar-refractivity contribution in [2.24, 2.45) is 0 Å². The van der Waals surface area contributed by atoms with Crippen LogP contribution in [0.5, 0.6) is 0 Å². The van der Waals surface area contributed by atoms with Crippen molar-refractivity contribution >= 4 is 0 Å². The molecule has 0 bridgehead atoms. The van der Waals surface area contributed by atoms with Gasteiger partial charge in [0, 0.05) is 0 Å². The first-order valence-electron chi connectivity index (χ1n) is 3.57. The van der Waals surface area contributed by atoms with Crippen LogP contribution in [0.3, 0.4) is 0 Å². The Bertz CT molecular complexity index is 84.6. The lowest BCUT2D eigenvalue weighted by Gasteiger charge is -1.98. The van der Waals surface area contributed by atoms with E-state index in [2.05, 4.69) is 25.2 Å². The fourth-order valence-electron chi connectivity index (χ4n) is 0.688. The van der Waals surface area contributed by atoms with E-state index in [0.717, 1.165) is 6.54 Å². The summed E-state index contributed by atoms with van der Waals surface area (Å²) in [4.78, 5) is 0. The van der Waals surface area contributed by atoms with Gasteiger partial charge in [-0.25, -0.2) is 0 Å². The average Bonchev–Trinajstić information content (AvgIpc) is 1.89. The van der Waals surface area contributed by atoms with Crippen molar-refractivity contribution in [3.8, 4) is 0 Å². The van der Waals surface area contributed by atoms with Crippen molar-refractivity contribution in [2.45, 2.75) is 26.7 Å². The topological polar surface area (TPSA) is 12.0 Å². The Morgan fingerprint density at radius 1 is 1.56 bits per heavy atom. The van der Waals surface area contributed by atoms with E-state index in [1.54, 1.807) is 0 Å². The largest absolute Gasteiger partial charge is 0.320 e. The third-order valence-corrected chi connectivity index (χ3v) is 1.49. The lowest BCUT2D eigenvalue weighted by atomic mass is 10.1. The second-order valence-electron chi connectivity index (χ2n) is 2.34. The van der Waals surface area contributed by atoms with Gasteiger partial charge in [-0.3, -0.25) is 0 Å². The third kappa shape index (κ3) is 5.57.